The third-order valence-corrected chi connectivity index (χ3v) is 3.63. The van der Waals surface area contributed by atoms with Crippen LogP contribution in [0.25, 0.3) is 0 Å². The van der Waals surface area contributed by atoms with Gasteiger partial charge in [0.2, 0.25) is 0 Å². The first-order valence-corrected chi connectivity index (χ1v) is 7.46. The average Bonchev–Trinajstić information content (AvgIpc) is 2.47. The van der Waals surface area contributed by atoms with Crippen molar-refractivity contribution < 1.29 is 4.79 Å². The van der Waals surface area contributed by atoms with Gasteiger partial charge in [-0.3, -0.25) is 4.79 Å². The van der Waals surface area contributed by atoms with Crippen LogP contribution in [0.1, 0.15) is 15.9 Å². The van der Waals surface area contributed by atoms with Gasteiger partial charge in [0.1, 0.15) is 0 Å². The van der Waals surface area contributed by atoms with E-state index in [-0.39, 0.29) is 5.91 Å². The number of carbonyl (C=O) groups excluding carboxylic acids is 1. The third-order valence-electron chi connectivity index (χ3n) is 3.03. The summed E-state index contributed by atoms with van der Waals surface area (Å²) in [6.07, 6.45) is 0. The van der Waals surface area contributed by atoms with E-state index < -0.39 is 0 Å². The first-order valence-electron chi connectivity index (χ1n) is 6.34. The second kappa shape index (κ2) is 6.57. The van der Waals surface area contributed by atoms with Crippen LogP contribution in [-0.2, 0) is 5.33 Å². The van der Waals surface area contributed by atoms with E-state index >= 15 is 0 Å². The summed E-state index contributed by atoms with van der Waals surface area (Å²) >= 11 is 3.41. The number of halogens is 1. The van der Waals surface area contributed by atoms with E-state index in [1.165, 1.54) is 0 Å². The highest BCUT2D eigenvalue weighted by Crippen LogP contribution is 2.19. The van der Waals surface area contributed by atoms with Crippen LogP contribution in [0.15, 0.2) is 48.5 Å². The molecular weight excluding hydrogens is 316 g/mol. The van der Waals surface area contributed by atoms with E-state index in [1.54, 1.807) is 0 Å². The van der Waals surface area contributed by atoms with Crippen molar-refractivity contribution in [3.05, 3.63) is 59.7 Å². The number of anilines is 2. The summed E-state index contributed by atoms with van der Waals surface area (Å²) in [4.78, 5) is 14.3. The molecule has 20 heavy (non-hydrogen) atoms. The van der Waals surface area contributed by atoms with Gasteiger partial charge in [0, 0.05) is 36.4 Å². The Bertz CT molecular complexity index is 611. The Morgan fingerprint density at radius 2 is 1.90 bits per heavy atom. The van der Waals surface area contributed by atoms with E-state index in [0.717, 1.165) is 16.9 Å². The van der Waals surface area contributed by atoms with Crippen molar-refractivity contribution in [3.63, 3.8) is 0 Å². The summed E-state index contributed by atoms with van der Waals surface area (Å²) in [6, 6.07) is 15.4. The van der Waals surface area contributed by atoms with Crippen LogP contribution in [0, 0.1) is 0 Å². The smallest absolute Gasteiger partial charge is 0.255 e. The van der Waals surface area contributed by atoms with Gasteiger partial charge in [-0.2, -0.15) is 0 Å². The zero-order chi connectivity index (χ0) is 14.5. The first-order chi connectivity index (χ1) is 9.61. The van der Waals surface area contributed by atoms with Gasteiger partial charge in [-0.05, 0) is 29.8 Å². The summed E-state index contributed by atoms with van der Waals surface area (Å²) in [7, 11) is 3.95. The lowest BCUT2D eigenvalue weighted by Crippen LogP contribution is -2.14. The average molecular weight is 333 g/mol. The number of alkyl halides is 1. The van der Waals surface area contributed by atoms with Crippen molar-refractivity contribution >= 4 is 33.2 Å². The zero-order valence-corrected chi connectivity index (χ0v) is 13.1. The molecule has 4 heteroatoms. The van der Waals surface area contributed by atoms with Crippen molar-refractivity contribution in [2.45, 2.75) is 5.33 Å². The molecule has 1 amide bonds. The van der Waals surface area contributed by atoms with Crippen LogP contribution in [0.4, 0.5) is 11.4 Å². The van der Waals surface area contributed by atoms with Crippen molar-refractivity contribution in [1.82, 2.24) is 0 Å². The Morgan fingerprint density at radius 1 is 1.15 bits per heavy atom. The molecule has 0 fully saturated rings. The molecule has 0 radical (unpaired) electrons. The summed E-state index contributed by atoms with van der Waals surface area (Å²) < 4.78 is 0. The molecule has 0 spiro atoms. The first kappa shape index (κ1) is 14.6. The fourth-order valence-electron chi connectivity index (χ4n) is 1.92. The largest absolute Gasteiger partial charge is 0.378 e. The molecule has 0 atom stereocenters. The van der Waals surface area contributed by atoms with Gasteiger partial charge >= 0.3 is 0 Å². The molecule has 3 nitrogen and oxygen atoms in total. The normalized spacial score (nSPS) is 10.2. The summed E-state index contributed by atoms with van der Waals surface area (Å²) in [5, 5.41) is 3.60. The molecule has 2 aromatic carbocycles. The van der Waals surface area contributed by atoms with Crippen LogP contribution in [-0.4, -0.2) is 20.0 Å². The number of rotatable bonds is 4. The van der Waals surface area contributed by atoms with Gasteiger partial charge in [-0.1, -0.05) is 40.2 Å². The Balaban J connectivity index is 2.21. The molecule has 0 aliphatic heterocycles. The highest BCUT2D eigenvalue weighted by atomic mass is 79.9. The standard InChI is InChI=1S/C16H17BrN2O/c1-19(2)14-8-5-7-13(10-14)18-16(20)15-9-4-3-6-12(15)11-17/h3-10H,11H2,1-2H3,(H,18,20). The van der Waals surface area contributed by atoms with Crippen molar-refractivity contribution in [2.75, 3.05) is 24.3 Å². The quantitative estimate of drug-likeness (QED) is 0.861. The summed E-state index contributed by atoms with van der Waals surface area (Å²) in [5.41, 5.74) is 3.52. The third kappa shape index (κ3) is 3.39. The number of nitrogens with one attached hydrogen (secondary N) is 1. The number of benzene rings is 2. The lowest BCUT2D eigenvalue weighted by atomic mass is 10.1. The van der Waals surface area contributed by atoms with Crippen LogP contribution in [0.2, 0.25) is 0 Å². The molecule has 0 aliphatic carbocycles. The van der Waals surface area contributed by atoms with E-state index in [9.17, 15) is 4.79 Å². The van der Waals surface area contributed by atoms with E-state index in [2.05, 4.69) is 21.2 Å². The Hall–Kier alpha value is -1.81. The molecule has 0 saturated heterocycles. The van der Waals surface area contributed by atoms with Gasteiger partial charge in [0.05, 0.1) is 0 Å². The van der Waals surface area contributed by atoms with Crippen LogP contribution in [0.5, 0.6) is 0 Å². The minimum absolute atomic E-state index is 0.0871. The molecule has 1 N–H and O–H groups in total. The highest BCUT2D eigenvalue weighted by molar-refractivity contribution is 9.08. The maximum Gasteiger partial charge on any atom is 0.255 e. The van der Waals surface area contributed by atoms with E-state index in [0.29, 0.717) is 10.9 Å². The molecule has 0 heterocycles. The van der Waals surface area contributed by atoms with Crippen LogP contribution < -0.4 is 10.2 Å². The fourth-order valence-corrected chi connectivity index (χ4v) is 2.41. The lowest BCUT2D eigenvalue weighted by Gasteiger charge is -2.14. The second-order valence-electron chi connectivity index (χ2n) is 4.69. The molecule has 0 aliphatic rings. The van der Waals surface area contributed by atoms with Gasteiger partial charge < -0.3 is 10.2 Å². The minimum atomic E-state index is -0.0871. The predicted octanol–water partition coefficient (Wildman–Crippen LogP) is 3.90. The Morgan fingerprint density at radius 3 is 2.60 bits per heavy atom. The zero-order valence-electron chi connectivity index (χ0n) is 11.6. The predicted molar refractivity (Wildman–Crippen MR) is 87.8 cm³/mol. The summed E-state index contributed by atoms with van der Waals surface area (Å²) in [5.74, 6) is -0.0871. The molecule has 0 saturated carbocycles. The minimum Gasteiger partial charge on any atom is -0.378 e. The number of hydrogen-bond acceptors (Lipinski definition) is 2. The van der Waals surface area contributed by atoms with Gasteiger partial charge in [-0.15, -0.1) is 0 Å². The highest BCUT2D eigenvalue weighted by Gasteiger charge is 2.10. The Labute approximate surface area is 127 Å². The fraction of sp³-hybridized carbons (Fsp3) is 0.188. The number of nitrogens with zero attached hydrogens (tertiary/aromatic N) is 1. The maximum absolute atomic E-state index is 12.3. The van der Waals surface area contributed by atoms with E-state index in [1.807, 2.05) is 67.5 Å². The monoisotopic (exact) mass is 332 g/mol. The van der Waals surface area contributed by atoms with Crippen LogP contribution in [0.3, 0.4) is 0 Å². The molecular formula is C16H17BrN2O. The van der Waals surface area contributed by atoms with Crippen LogP contribution >= 0.6 is 15.9 Å². The van der Waals surface area contributed by atoms with Crippen molar-refractivity contribution in [1.29, 1.82) is 0 Å². The number of amides is 1. The van der Waals surface area contributed by atoms with Gasteiger partial charge in [0.15, 0.2) is 0 Å². The topological polar surface area (TPSA) is 32.3 Å². The molecule has 0 bridgehead atoms. The summed E-state index contributed by atoms with van der Waals surface area (Å²) in [6.45, 7) is 0. The lowest BCUT2D eigenvalue weighted by molar-refractivity contribution is 0.102. The van der Waals surface area contributed by atoms with Crippen molar-refractivity contribution in [3.8, 4) is 0 Å². The molecule has 104 valence electrons. The maximum atomic E-state index is 12.3. The molecule has 2 rings (SSSR count). The Kier molecular flexibility index (Phi) is 4.79. The van der Waals surface area contributed by atoms with Gasteiger partial charge in [0.25, 0.3) is 5.91 Å². The molecule has 2 aromatic rings. The molecule has 0 aromatic heterocycles. The number of hydrogen-bond donors (Lipinski definition) is 1. The SMILES string of the molecule is CN(C)c1cccc(NC(=O)c2ccccc2CBr)c1. The van der Waals surface area contributed by atoms with Gasteiger partial charge in [-0.25, -0.2) is 0 Å². The van der Waals surface area contributed by atoms with E-state index in [4.69, 9.17) is 0 Å². The van der Waals surface area contributed by atoms with Crippen molar-refractivity contribution in [2.24, 2.45) is 0 Å². The number of carbonyl (C=O) groups is 1. The molecule has 0 unspecified atom stereocenters. The second-order valence-corrected chi connectivity index (χ2v) is 5.25.